The largest absolute Gasteiger partial charge is 0.449 e. The molecule has 1 aliphatic carbocycles. The molecule has 0 radical (unpaired) electrons. The molecule has 0 saturated carbocycles. The van der Waals surface area contributed by atoms with E-state index in [2.05, 4.69) is 24.0 Å². The lowest BCUT2D eigenvalue weighted by molar-refractivity contribution is -0.154. The highest BCUT2D eigenvalue weighted by Crippen LogP contribution is 2.57. The zero-order chi connectivity index (χ0) is 11.7. The van der Waals surface area contributed by atoms with Crippen molar-refractivity contribution in [2.24, 2.45) is 0 Å². The number of carbonyl (C=O) groups excluding carboxylic acids is 1. The number of ether oxygens (including phenoxy) is 1. The molecule has 1 spiro atoms. The van der Waals surface area contributed by atoms with Gasteiger partial charge in [0.1, 0.15) is 0 Å². The van der Waals surface area contributed by atoms with Gasteiger partial charge in [-0.3, -0.25) is 4.90 Å². The standard InChI is InChI=1S/C14H17NO2/c1-13-6-2-3-7-15(13)11-5-4-10-8-12(16)17-14(10,13)9-11/h4-5,8,11H,2-3,6-7,9H2,1H3/t11-,13-,14+/m0/s1. The van der Waals surface area contributed by atoms with Gasteiger partial charge in [-0.25, -0.2) is 4.79 Å². The van der Waals surface area contributed by atoms with Crippen LogP contribution in [0.15, 0.2) is 23.8 Å². The third-order valence-electron chi connectivity index (χ3n) is 5.23. The first-order valence-electron chi connectivity index (χ1n) is 6.56. The number of esters is 1. The van der Waals surface area contributed by atoms with Gasteiger partial charge in [-0.1, -0.05) is 18.6 Å². The van der Waals surface area contributed by atoms with Gasteiger partial charge < -0.3 is 4.74 Å². The van der Waals surface area contributed by atoms with E-state index in [-0.39, 0.29) is 17.1 Å². The number of piperidine rings is 1. The SMILES string of the molecule is C[C@@]12CCCCN1[C@H]1C=CC3=CC(=O)O[C@]32C1. The van der Waals surface area contributed by atoms with Crippen LogP contribution in [-0.4, -0.2) is 34.6 Å². The van der Waals surface area contributed by atoms with Crippen molar-refractivity contribution < 1.29 is 9.53 Å². The Balaban J connectivity index is 1.91. The highest BCUT2D eigenvalue weighted by Gasteiger charge is 2.66. The average Bonchev–Trinajstić information content (AvgIpc) is 2.74. The molecule has 4 rings (SSSR count). The molecule has 4 aliphatic rings. The van der Waals surface area contributed by atoms with Gasteiger partial charge >= 0.3 is 5.97 Å². The molecule has 2 fully saturated rings. The minimum Gasteiger partial charge on any atom is -0.449 e. The molecule has 3 heterocycles. The topological polar surface area (TPSA) is 29.5 Å². The summed E-state index contributed by atoms with van der Waals surface area (Å²) in [6.07, 6.45) is 10.7. The fourth-order valence-electron chi connectivity index (χ4n) is 4.39. The number of rotatable bonds is 0. The van der Waals surface area contributed by atoms with Crippen LogP contribution in [0.2, 0.25) is 0 Å². The zero-order valence-electron chi connectivity index (χ0n) is 10.1. The summed E-state index contributed by atoms with van der Waals surface area (Å²) in [4.78, 5) is 14.2. The van der Waals surface area contributed by atoms with E-state index in [4.69, 9.17) is 4.74 Å². The molecule has 2 saturated heterocycles. The second-order valence-electron chi connectivity index (χ2n) is 5.90. The van der Waals surface area contributed by atoms with Crippen LogP contribution >= 0.6 is 0 Å². The molecule has 17 heavy (non-hydrogen) atoms. The van der Waals surface area contributed by atoms with Crippen LogP contribution in [0.25, 0.3) is 0 Å². The van der Waals surface area contributed by atoms with Crippen LogP contribution in [-0.2, 0) is 9.53 Å². The van der Waals surface area contributed by atoms with Crippen molar-refractivity contribution in [3.63, 3.8) is 0 Å². The highest BCUT2D eigenvalue weighted by atomic mass is 16.6. The third kappa shape index (κ3) is 0.959. The number of fused-ring (bicyclic) bond motifs is 3. The number of carbonyl (C=O) groups is 1. The summed E-state index contributed by atoms with van der Waals surface area (Å²) in [5, 5.41) is 0. The predicted octanol–water partition coefficient (Wildman–Crippen LogP) is 1.80. The highest BCUT2D eigenvalue weighted by molar-refractivity contribution is 5.88. The predicted molar refractivity (Wildman–Crippen MR) is 63.4 cm³/mol. The Morgan fingerprint density at radius 3 is 3.24 bits per heavy atom. The molecule has 3 nitrogen and oxygen atoms in total. The molecule has 90 valence electrons. The zero-order valence-corrected chi connectivity index (χ0v) is 10.1. The van der Waals surface area contributed by atoms with Crippen LogP contribution in [0.1, 0.15) is 32.6 Å². The summed E-state index contributed by atoms with van der Waals surface area (Å²) < 4.78 is 5.79. The smallest absolute Gasteiger partial charge is 0.332 e. The minimum absolute atomic E-state index is 0.0113. The Hall–Kier alpha value is -1.09. The Morgan fingerprint density at radius 2 is 2.35 bits per heavy atom. The van der Waals surface area contributed by atoms with Gasteiger partial charge in [0.25, 0.3) is 0 Å². The fraction of sp³-hybridized carbons (Fsp3) is 0.643. The first-order chi connectivity index (χ1) is 8.16. The molecule has 3 heteroatoms. The number of hydrogen-bond acceptors (Lipinski definition) is 3. The Bertz CT molecular complexity index is 467. The maximum Gasteiger partial charge on any atom is 0.332 e. The van der Waals surface area contributed by atoms with E-state index in [0.29, 0.717) is 6.04 Å². The van der Waals surface area contributed by atoms with Crippen LogP contribution in [0.4, 0.5) is 0 Å². The van der Waals surface area contributed by atoms with Crippen molar-refractivity contribution >= 4 is 5.97 Å². The molecule has 0 unspecified atom stereocenters. The Kier molecular flexibility index (Phi) is 1.65. The van der Waals surface area contributed by atoms with E-state index < -0.39 is 0 Å². The van der Waals surface area contributed by atoms with Crippen molar-refractivity contribution in [2.75, 3.05) is 6.54 Å². The lowest BCUT2D eigenvalue weighted by Crippen LogP contribution is -2.58. The molecular weight excluding hydrogens is 214 g/mol. The molecule has 0 aromatic rings. The quantitative estimate of drug-likeness (QED) is 0.595. The van der Waals surface area contributed by atoms with Gasteiger partial charge in [-0.05, 0) is 26.3 Å². The van der Waals surface area contributed by atoms with Crippen LogP contribution in [0, 0.1) is 0 Å². The summed E-state index contributed by atoms with van der Waals surface area (Å²) in [6, 6.07) is 0.461. The van der Waals surface area contributed by atoms with Crippen LogP contribution in [0.5, 0.6) is 0 Å². The van der Waals surface area contributed by atoms with E-state index in [1.807, 2.05) is 0 Å². The third-order valence-corrected chi connectivity index (χ3v) is 5.23. The molecule has 0 aromatic carbocycles. The molecule has 2 bridgehead atoms. The van der Waals surface area contributed by atoms with E-state index in [1.165, 1.54) is 12.8 Å². The Labute approximate surface area is 101 Å². The van der Waals surface area contributed by atoms with Crippen molar-refractivity contribution in [3.05, 3.63) is 23.8 Å². The number of nitrogens with zero attached hydrogens (tertiary/aromatic N) is 1. The summed E-state index contributed by atoms with van der Waals surface area (Å²) >= 11 is 0. The lowest BCUT2D eigenvalue weighted by Gasteiger charge is -2.47. The lowest BCUT2D eigenvalue weighted by atomic mass is 9.71. The minimum atomic E-state index is -0.343. The molecular formula is C14H17NO2. The summed E-state index contributed by atoms with van der Waals surface area (Å²) in [7, 11) is 0. The molecule has 3 aliphatic heterocycles. The first kappa shape index (κ1) is 9.89. The van der Waals surface area contributed by atoms with Gasteiger partial charge in [-0.15, -0.1) is 0 Å². The second kappa shape index (κ2) is 2.83. The van der Waals surface area contributed by atoms with Crippen molar-refractivity contribution in [1.82, 2.24) is 4.90 Å². The molecule has 0 N–H and O–H groups in total. The first-order valence-corrected chi connectivity index (χ1v) is 6.56. The van der Waals surface area contributed by atoms with E-state index >= 15 is 0 Å². The van der Waals surface area contributed by atoms with Gasteiger partial charge in [0.05, 0.1) is 5.54 Å². The van der Waals surface area contributed by atoms with Gasteiger partial charge in [0.2, 0.25) is 0 Å². The normalized spacial score (nSPS) is 47.5. The summed E-state index contributed by atoms with van der Waals surface area (Å²) in [6.45, 7) is 3.42. The molecule has 0 amide bonds. The number of hydrogen-bond donors (Lipinski definition) is 0. The van der Waals surface area contributed by atoms with Crippen molar-refractivity contribution in [3.8, 4) is 0 Å². The van der Waals surface area contributed by atoms with E-state index in [9.17, 15) is 4.79 Å². The summed E-state index contributed by atoms with van der Waals surface area (Å²) in [5.41, 5.74) is 0.770. The van der Waals surface area contributed by atoms with Crippen LogP contribution < -0.4 is 0 Å². The molecule has 3 atom stereocenters. The van der Waals surface area contributed by atoms with E-state index in [1.54, 1.807) is 6.08 Å². The average molecular weight is 231 g/mol. The summed E-state index contributed by atoms with van der Waals surface area (Å²) in [5.74, 6) is -0.154. The van der Waals surface area contributed by atoms with E-state index in [0.717, 1.165) is 25.0 Å². The molecule has 0 aromatic heterocycles. The monoisotopic (exact) mass is 231 g/mol. The maximum atomic E-state index is 11.7. The van der Waals surface area contributed by atoms with Crippen molar-refractivity contribution in [2.45, 2.75) is 49.8 Å². The second-order valence-corrected chi connectivity index (χ2v) is 5.90. The van der Waals surface area contributed by atoms with Gasteiger partial charge in [0.15, 0.2) is 5.60 Å². The Morgan fingerprint density at radius 1 is 1.47 bits per heavy atom. The maximum absolute atomic E-state index is 11.7. The van der Waals surface area contributed by atoms with Gasteiger partial charge in [0, 0.05) is 24.1 Å². The van der Waals surface area contributed by atoms with Gasteiger partial charge in [-0.2, -0.15) is 0 Å². The fourth-order valence-corrected chi connectivity index (χ4v) is 4.39. The van der Waals surface area contributed by atoms with Crippen molar-refractivity contribution in [1.29, 1.82) is 0 Å². The van der Waals surface area contributed by atoms with Crippen LogP contribution in [0.3, 0.4) is 0 Å².